The van der Waals surface area contributed by atoms with E-state index in [9.17, 15) is 9.59 Å². The lowest BCUT2D eigenvalue weighted by Gasteiger charge is -2.34. The third-order valence-corrected chi connectivity index (χ3v) is 7.19. The van der Waals surface area contributed by atoms with Crippen LogP contribution in [-0.4, -0.2) is 63.9 Å². The molecule has 9 heteroatoms. The van der Waals surface area contributed by atoms with Crippen molar-refractivity contribution in [1.29, 1.82) is 0 Å². The van der Waals surface area contributed by atoms with Gasteiger partial charge in [-0.25, -0.2) is 14.8 Å². The molecule has 3 amide bonds. The second kappa shape index (κ2) is 11.6. The van der Waals surface area contributed by atoms with Crippen LogP contribution in [0.4, 0.5) is 16.4 Å². The maximum atomic E-state index is 13.0. The Balaban J connectivity index is 1.13. The average Bonchev–Trinajstić information content (AvgIpc) is 2.94. The molecule has 3 heterocycles. The molecule has 0 atom stereocenters. The summed E-state index contributed by atoms with van der Waals surface area (Å²) in [6, 6.07) is 16.8. The topological polar surface area (TPSA) is 90.5 Å². The third-order valence-electron chi connectivity index (χ3n) is 6.94. The number of piperidine rings is 2. The third kappa shape index (κ3) is 6.38. The Hall–Kier alpha value is -3.65. The van der Waals surface area contributed by atoms with Crippen molar-refractivity contribution >= 4 is 35.2 Å². The van der Waals surface area contributed by atoms with E-state index in [1.807, 2.05) is 64.4 Å². The van der Waals surface area contributed by atoms with Crippen molar-refractivity contribution in [3.05, 3.63) is 71.4 Å². The predicted octanol–water partition coefficient (Wildman–Crippen LogP) is 5.34. The number of carbonyl (C=O) groups is 2. The standard InChI is InChI=1S/C28H31ClN6O2/c29-22-8-4-20(5-9-22)25-12-15-30-27(33-25)31-23-10-6-21(7-11-23)26(36)34-18-13-24(14-19-34)32-28(37)35-16-2-1-3-17-35/h4-12,15,24H,1-3,13-14,16-19H2,(H,32,37)(H,30,31,33). The molecule has 1 aromatic heterocycles. The van der Waals surface area contributed by atoms with Crippen LogP contribution in [0.25, 0.3) is 11.3 Å². The van der Waals surface area contributed by atoms with Gasteiger partial charge in [-0.1, -0.05) is 23.7 Å². The summed E-state index contributed by atoms with van der Waals surface area (Å²) >= 11 is 5.98. The number of halogens is 1. The van der Waals surface area contributed by atoms with E-state index in [0.717, 1.165) is 55.7 Å². The Morgan fingerprint density at radius 3 is 2.24 bits per heavy atom. The molecule has 2 aliphatic rings. The fourth-order valence-electron chi connectivity index (χ4n) is 4.80. The molecule has 0 bridgehead atoms. The molecule has 2 aromatic carbocycles. The van der Waals surface area contributed by atoms with E-state index in [2.05, 4.69) is 20.6 Å². The Morgan fingerprint density at radius 1 is 0.838 bits per heavy atom. The van der Waals surface area contributed by atoms with Gasteiger partial charge in [0.25, 0.3) is 5.91 Å². The Kier molecular flexibility index (Phi) is 7.84. The smallest absolute Gasteiger partial charge is 0.317 e. The van der Waals surface area contributed by atoms with Crippen LogP contribution < -0.4 is 10.6 Å². The monoisotopic (exact) mass is 518 g/mol. The molecule has 5 rings (SSSR count). The van der Waals surface area contributed by atoms with Crippen molar-refractivity contribution in [2.24, 2.45) is 0 Å². The number of likely N-dealkylation sites (tertiary alicyclic amines) is 2. The highest BCUT2D eigenvalue weighted by Gasteiger charge is 2.26. The normalized spacial score (nSPS) is 16.4. The molecule has 3 aromatic rings. The van der Waals surface area contributed by atoms with Gasteiger partial charge in [0.05, 0.1) is 5.69 Å². The van der Waals surface area contributed by atoms with Crippen LogP contribution in [0.2, 0.25) is 5.02 Å². The zero-order valence-electron chi connectivity index (χ0n) is 20.7. The summed E-state index contributed by atoms with van der Waals surface area (Å²) in [5.74, 6) is 0.480. The van der Waals surface area contributed by atoms with Crippen LogP contribution >= 0.6 is 11.6 Å². The molecule has 0 saturated carbocycles. The maximum Gasteiger partial charge on any atom is 0.317 e. The zero-order chi connectivity index (χ0) is 25.6. The fourth-order valence-corrected chi connectivity index (χ4v) is 4.92. The number of carbonyl (C=O) groups excluding carboxylic acids is 2. The van der Waals surface area contributed by atoms with Crippen LogP contribution in [0, 0.1) is 0 Å². The second-order valence-electron chi connectivity index (χ2n) is 9.54. The van der Waals surface area contributed by atoms with Gasteiger partial charge in [0.1, 0.15) is 0 Å². The van der Waals surface area contributed by atoms with Gasteiger partial charge >= 0.3 is 6.03 Å². The van der Waals surface area contributed by atoms with E-state index in [-0.39, 0.29) is 18.0 Å². The van der Waals surface area contributed by atoms with E-state index in [1.54, 1.807) is 6.20 Å². The zero-order valence-corrected chi connectivity index (χ0v) is 21.5. The first-order valence-corrected chi connectivity index (χ1v) is 13.2. The summed E-state index contributed by atoms with van der Waals surface area (Å²) in [7, 11) is 0. The molecule has 0 radical (unpaired) electrons. The minimum atomic E-state index is 0.00772. The van der Waals surface area contributed by atoms with Gasteiger partial charge < -0.3 is 20.4 Å². The minimum Gasteiger partial charge on any atom is -0.338 e. The van der Waals surface area contributed by atoms with Gasteiger partial charge in [-0.3, -0.25) is 4.79 Å². The van der Waals surface area contributed by atoms with Gasteiger partial charge in [0.2, 0.25) is 5.95 Å². The fraction of sp³-hybridized carbons (Fsp3) is 0.357. The van der Waals surface area contributed by atoms with E-state index < -0.39 is 0 Å². The van der Waals surface area contributed by atoms with E-state index in [0.29, 0.717) is 29.6 Å². The number of rotatable bonds is 5. The number of anilines is 2. The van der Waals surface area contributed by atoms with E-state index >= 15 is 0 Å². The van der Waals surface area contributed by atoms with Crippen molar-refractivity contribution < 1.29 is 9.59 Å². The summed E-state index contributed by atoms with van der Waals surface area (Å²) < 4.78 is 0. The maximum absolute atomic E-state index is 13.0. The lowest BCUT2D eigenvalue weighted by molar-refractivity contribution is 0.0706. The van der Waals surface area contributed by atoms with Gasteiger partial charge in [0.15, 0.2) is 0 Å². The highest BCUT2D eigenvalue weighted by Crippen LogP contribution is 2.22. The molecule has 0 aliphatic carbocycles. The number of urea groups is 1. The number of aromatic nitrogens is 2. The lowest BCUT2D eigenvalue weighted by Crippen LogP contribution is -2.51. The minimum absolute atomic E-state index is 0.00772. The van der Waals surface area contributed by atoms with Crippen molar-refractivity contribution in [2.45, 2.75) is 38.1 Å². The first kappa shape index (κ1) is 25.0. The van der Waals surface area contributed by atoms with Crippen LogP contribution in [-0.2, 0) is 0 Å². The molecule has 37 heavy (non-hydrogen) atoms. The van der Waals surface area contributed by atoms with Crippen LogP contribution in [0.3, 0.4) is 0 Å². The Bertz CT molecular complexity index is 1220. The van der Waals surface area contributed by atoms with E-state index in [4.69, 9.17) is 11.6 Å². The van der Waals surface area contributed by atoms with Crippen molar-refractivity contribution in [3.63, 3.8) is 0 Å². The number of hydrogen-bond acceptors (Lipinski definition) is 5. The van der Waals surface area contributed by atoms with Crippen LogP contribution in [0.1, 0.15) is 42.5 Å². The average molecular weight is 519 g/mol. The Morgan fingerprint density at radius 2 is 1.54 bits per heavy atom. The van der Waals surface area contributed by atoms with Crippen LogP contribution in [0.5, 0.6) is 0 Å². The van der Waals surface area contributed by atoms with Gasteiger partial charge in [-0.2, -0.15) is 0 Å². The SMILES string of the molecule is O=C(NC1CCN(C(=O)c2ccc(Nc3nccc(-c4ccc(Cl)cc4)n3)cc2)CC1)N1CCCCC1. The highest BCUT2D eigenvalue weighted by atomic mass is 35.5. The lowest BCUT2D eigenvalue weighted by atomic mass is 10.0. The molecule has 0 unspecified atom stereocenters. The molecule has 2 fully saturated rings. The summed E-state index contributed by atoms with van der Waals surface area (Å²) in [4.78, 5) is 38.2. The number of hydrogen-bond donors (Lipinski definition) is 2. The summed E-state index contributed by atoms with van der Waals surface area (Å²) in [5.41, 5.74) is 3.17. The molecule has 2 N–H and O–H groups in total. The molecule has 8 nitrogen and oxygen atoms in total. The number of nitrogens with zero attached hydrogens (tertiary/aromatic N) is 4. The van der Waals surface area contributed by atoms with Gasteiger partial charge in [-0.15, -0.1) is 0 Å². The summed E-state index contributed by atoms with van der Waals surface area (Å²) in [6.45, 7) is 2.95. The summed E-state index contributed by atoms with van der Waals surface area (Å²) in [6.07, 6.45) is 6.61. The number of amides is 3. The number of benzene rings is 2. The first-order chi connectivity index (χ1) is 18.0. The Labute approximate surface area is 222 Å². The van der Waals surface area contributed by atoms with Crippen molar-refractivity contribution in [3.8, 4) is 11.3 Å². The largest absolute Gasteiger partial charge is 0.338 e. The second-order valence-corrected chi connectivity index (χ2v) is 9.97. The van der Waals surface area contributed by atoms with Crippen molar-refractivity contribution in [2.75, 3.05) is 31.5 Å². The number of nitrogens with one attached hydrogen (secondary N) is 2. The molecular formula is C28H31ClN6O2. The molecule has 2 aliphatic heterocycles. The predicted molar refractivity (Wildman–Crippen MR) is 145 cm³/mol. The molecule has 0 spiro atoms. The van der Waals surface area contributed by atoms with Crippen LogP contribution in [0.15, 0.2) is 60.8 Å². The summed E-state index contributed by atoms with van der Waals surface area (Å²) in [5, 5.41) is 7.04. The molecule has 2 saturated heterocycles. The van der Waals surface area contributed by atoms with Crippen molar-refractivity contribution in [1.82, 2.24) is 25.1 Å². The molecular weight excluding hydrogens is 488 g/mol. The van der Waals surface area contributed by atoms with E-state index in [1.165, 1.54) is 6.42 Å². The highest BCUT2D eigenvalue weighted by molar-refractivity contribution is 6.30. The molecule has 192 valence electrons. The first-order valence-electron chi connectivity index (χ1n) is 12.9. The van der Waals surface area contributed by atoms with Gasteiger partial charge in [-0.05, 0) is 74.6 Å². The quantitative estimate of drug-likeness (QED) is 0.475. The van der Waals surface area contributed by atoms with Gasteiger partial charge in [0, 0.05) is 60.3 Å².